The summed E-state index contributed by atoms with van der Waals surface area (Å²) in [5, 5.41) is 0. The number of nitrogens with zero attached hydrogens (tertiary/aromatic N) is 1. The fourth-order valence-electron chi connectivity index (χ4n) is 3.59. The molecule has 0 saturated carbocycles. The number of amides is 1. The molecule has 1 heterocycles. The SMILES string of the molecule is Cc1cccc(COc2cccc(CC(=O)N3CCC(N)C(C)(C)C3)c2)c1.Cl. The standard InChI is InChI=1S/C23H30N2O2.ClH/c1-17-6-4-8-19(12-17)15-27-20-9-5-7-18(13-20)14-22(26)25-11-10-21(24)23(2,3)16-25;/h4-9,12-13,21H,10-11,14-16,24H2,1-3H3;1H. The molecule has 152 valence electrons. The molecule has 1 amide bonds. The molecule has 0 aliphatic carbocycles. The monoisotopic (exact) mass is 402 g/mol. The molecular formula is C23H31ClN2O2. The van der Waals surface area contributed by atoms with Gasteiger partial charge in [-0.3, -0.25) is 4.79 Å². The number of ether oxygens (including phenoxy) is 1. The van der Waals surface area contributed by atoms with E-state index in [1.165, 1.54) is 5.56 Å². The maximum Gasteiger partial charge on any atom is 0.227 e. The Morgan fingerprint density at radius 2 is 1.89 bits per heavy atom. The Hall–Kier alpha value is -2.04. The van der Waals surface area contributed by atoms with Crippen LogP contribution < -0.4 is 10.5 Å². The van der Waals surface area contributed by atoms with Crippen LogP contribution in [0.15, 0.2) is 48.5 Å². The first-order valence-electron chi connectivity index (χ1n) is 9.64. The first kappa shape index (κ1) is 22.3. The average molecular weight is 403 g/mol. The molecule has 0 radical (unpaired) electrons. The molecule has 1 aliphatic rings. The van der Waals surface area contributed by atoms with Crippen molar-refractivity contribution in [3.8, 4) is 5.75 Å². The zero-order valence-corrected chi connectivity index (χ0v) is 17.8. The fourth-order valence-corrected chi connectivity index (χ4v) is 3.59. The van der Waals surface area contributed by atoms with Crippen LogP contribution >= 0.6 is 12.4 Å². The number of rotatable bonds is 5. The van der Waals surface area contributed by atoms with Gasteiger partial charge in [-0.05, 0) is 42.0 Å². The highest BCUT2D eigenvalue weighted by molar-refractivity contribution is 5.85. The maximum atomic E-state index is 12.7. The van der Waals surface area contributed by atoms with E-state index in [2.05, 4.69) is 39.0 Å². The highest BCUT2D eigenvalue weighted by Gasteiger charge is 2.35. The second-order valence-corrected chi connectivity index (χ2v) is 8.30. The predicted molar refractivity (Wildman–Crippen MR) is 116 cm³/mol. The predicted octanol–water partition coefficient (Wildman–Crippen LogP) is 4.12. The smallest absolute Gasteiger partial charge is 0.227 e. The molecule has 28 heavy (non-hydrogen) atoms. The molecule has 1 atom stereocenters. The van der Waals surface area contributed by atoms with E-state index < -0.39 is 0 Å². The first-order valence-corrected chi connectivity index (χ1v) is 9.64. The number of hydrogen-bond donors (Lipinski definition) is 1. The molecule has 1 saturated heterocycles. The van der Waals surface area contributed by atoms with E-state index >= 15 is 0 Å². The number of carbonyl (C=O) groups excluding carboxylic acids is 1. The van der Waals surface area contributed by atoms with Crippen LogP contribution in [0.1, 0.15) is 37.0 Å². The lowest BCUT2D eigenvalue weighted by molar-refractivity contribution is -0.133. The van der Waals surface area contributed by atoms with Crippen molar-refractivity contribution >= 4 is 18.3 Å². The van der Waals surface area contributed by atoms with Crippen molar-refractivity contribution < 1.29 is 9.53 Å². The number of piperidine rings is 1. The van der Waals surface area contributed by atoms with Crippen molar-refractivity contribution in [1.29, 1.82) is 0 Å². The molecule has 5 heteroatoms. The second-order valence-electron chi connectivity index (χ2n) is 8.30. The lowest BCUT2D eigenvalue weighted by Crippen LogP contribution is -2.54. The molecule has 0 spiro atoms. The number of aryl methyl sites for hydroxylation is 1. The number of hydrogen-bond acceptors (Lipinski definition) is 3. The van der Waals surface area contributed by atoms with Crippen molar-refractivity contribution in [3.05, 3.63) is 65.2 Å². The van der Waals surface area contributed by atoms with Gasteiger partial charge in [-0.1, -0.05) is 55.8 Å². The van der Waals surface area contributed by atoms with Crippen LogP contribution in [-0.4, -0.2) is 29.9 Å². The van der Waals surface area contributed by atoms with E-state index in [0.717, 1.165) is 36.4 Å². The van der Waals surface area contributed by atoms with Crippen molar-refractivity contribution in [2.45, 2.75) is 46.3 Å². The van der Waals surface area contributed by atoms with Gasteiger partial charge in [-0.2, -0.15) is 0 Å². The number of benzene rings is 2. The summed E-state index contributed by atoms with van der Waals surface area (Å²) in [7, 11) is 0. The quantitative estimate of drug-likeness (QED) is 0.818. The summed E-state index contributed by atoms with van der Waals surface area (Å²) in [5.41, 5.74) is 9.49. The van der Waals surface area contributed by atoms with Crippen molar-refractivity contribution in [1.82, 2.24) is 4.90 Å². The van der Waals surface area contributed by atoms with E-state index in [9.17, 15) is 4.79 Å². The van der Waals surface area contributed by atoms with Gasteiger partial charge in [0.1, 0.15) is 12.4 Å². The Morgan fingerprint density at radius 1 is 1.18 bits per heavy atom. The van der Waals surface area contributed by atoms with Gasteiger partial charge in [-0.25, -0.2) is 0 Å². The minimum atomic E-state index is -0.0350. The number of halogens is 1. The third kappa shape index (κ3) is 5.73. The summed E-state index contributed by atoms with van der Waals surface area (Å²) < 4.78 is 5.92. The Labute approximate surface area is 174 Å². The van der Waals surface area contributed by atoms with E-state index in [0.29, 0.717) is 13.0 Å². The summed E-state index contributed by atoms with van der Waals surface area (Å²) in [6, 6.07) is 16.3. The Balaban J connectivity index is 0.00000280. The van der Waals surface area contributed by atoms with Crippen LogP contribution in [-0.2, 0) is 17.8 Å². The minimum absolute atomic E-state index is 0. The van der Waals surface area contributed by atoms with Crippen LogP contribution in [0, 0.1) is 12.3 Å². The van der Waals surface area contributed by atoms with E-state index in [1.807, 2.05) is 35.2 Å². The van der Waals surface area contributed by atoms with Gasteiger partial charge >= 0.3 is 0 Å². The van der Waals surface area contributed by atoms with Crippen LogP contribution in [0.5, 0.6) is 5.75 Å². The summed E-state index contributed by atoms with van der Waals surface area (Å²) in [6.45, 7) is 8.33. The van der Waals surface area contributed by atoms with Crippen LogP contribution in [0.25, 0.3) is 0 Å². The van der Waals surface area contributed by atoms with Crippen LogP contribution in [0.4, 0.5) is 0 Å². The fraction of sp³-hybridized carbons (Fsp3) is 0.435. The summed E-state index contributed by atoms with van der Waals surface area (Å²) in [6.07, 6.45) is 1.26. The number of carbonyl (C=O) groups is 1. The van der Waals surface area contributed by atoms with Gasteiger partial charge in [-0.15, -0.1) is 12.4 Å². The van der Waals surface area contributed by atoms with Crippen molar-refractivity contribution in [2.24, 2.45) is 11.1 Å². The molecule has 3 rings (SSSR count). The van der Waals surface area contributed by atoms with Gasteiger partial charge in [0.05, 0.1) is 6.42 Å². The molecule has 4 nitrogen and oxygen atoms in total. The van der Waals surface area contributed by atoms with Gasteiger partial charge in [0.2, 0.25) is 5.91 Å². The minimum Gasteiger partial charge on any atom is -0.489 e. The lowest BCUT2D eigenvalue weighted by atomic mass is 9.79. The maximum absolute atomic E-state index is 12.7. The zero-order chi connectivity index (χ0) is 19.4. The topological polar surface area (TPSA) is 55.6 Å². The molecule has 2 aromatic rings. The molecule has 1 aliphatic heterocycles. The van der Waals surface area contributed by atoms with Crippen LogP contribution in [0.2, 0.25) is 0 Å². The first-order chi connectivity index (χ1) is 12.8. The zero-order valence-electron chi connectivity index (χ0n) is 17.0. The normalized spacial score (nSPS) is 18.3. The Morgan fingerprint density at radius 3 is 2.61 bits per heavy atom. The van der Waals surface area contributed by atoms with E-state index in [1.54, 1.807) is 0 Å². The summed E-state index contributed by atoms with van der Waals surface area (Å²) in [5.74, 6) is 0.952. The highest BCUT2D eigenvalue weighted by atomic mass is 35.5. The lowest BCUT2D eigenvalue weighted by Gasteiger charge is -2.42. The molecule has 1 fully saturated rings. The molecule has 2 N–H and O–H groups in total. The molecule has 2 aromatic carbocycles. The van der Waals surface area contributed by atoms with Gasteiger partial charge in [0, 0.05) is 19.1 Å². The Bertz CT molecular complexity index is 807. The highest BCUT2D eigenvalue weighted by Crippen LogP contribution is 2.28. The molecule has 0 aromatic heterocycles. The van der Waals surface area contributed by atoms with Gasteiger partial charge < -0.3 is 15.4 Å². The summed E-state index contributed by atoms with van der Waals surface area (Å²) >= 11 is 0. The number of likely N-dealkylation sites (tertiary alicyclic amines) is 1. The van der Waals surface area contributed by atoms with Gasteiger partial charge in [0.15, 0.2) is 0 Å². The van der Waals surface area contributed by atoms with E-state index in [-0.39, 0.29) is 29.8 Å². The van der Waals surface area contributed by atoms with Gasteiger partial charge in [0.25, 0.3) is 0 Å². The molecule has 1 unspecified atom stereocenters. The van der Waals surface area contributed by atoms with Crippen molar-refractivity contribution in [2.75, 3.05) is 13.1 Å². The van der Waals surface area contributed by atoms with Crippen molar-refractivity contribution in [3.63, 3.8) is 0 Å². The molecular weight excluding hydrogens is 372 g/mol. The number of nitrogens with two attached hydrogens (primary N) is 1. The third-order valence-electron chi connectivity index (χ3n) is 5.41. The molecule has 0 bridgehead atoms. The van der Waals surface area contributed by atoms with Crippen LogP contribution in [0.3, 0.4) is 0 Å². The van der Waals surface area contributed by atoms with E-state index in [4.69, 9.17) is 10.5 Å². The third-order valence-corrected chi connectivity index (χ3v) is 5.41. The second kappa shape index (κ2) is 9.44. The largest absolute Gasteiger partial charge is 0.489 e. The Kier molecular flexibility index (Phi) is 7.50. The summed E-state index contributed by atoms with van der Waals surface area (Å²) in [4.78, 5) is 14.7. The average Bonchev–Trinajstić information content (AvgIpc) is 2.62.